The van der Waals surface area contributed by atoms with Gasteiger partial charge in [-0.25, -0.2) is 0 Å². The van der Waals surface area contributed by atoms with E-state index in [4.69, 9.17) is 9.72 Å². The van der Waals surface area contributed by atoms with Crippen molar-refractivity contribution in [3.8, 4) is 5.88 Å². The van der Waals surface area contributed by atoms with E-state index in [1.165, 1.54) is 0 Å². The Morgan fingerprint density at radius 3 is 2.69 bits per heavy atom. The van der Waals surface area contributed by atoms with Gasteiger partial charge in [0.05, 0.1) is 6.61 Å². The van der Waals surface area contributed by atoms with Crippen LogP contribution in [0, 0.1) is 0 Å². The lowest BCUT2D eigenvalue weighted by Gasteiger charge is -2.26. The maximum absolute atomic E-state index is 13.3. The second kappa shape index (κ2) is 9.12. The highest BCUT2D eigenvalue weighted by atomic mass is 32.2. The number of ether oxygens (including phenoxy) is 1. The van der Waals surface area contributed by atoms with Gasteiger partial charge in [0.1, 0.15) is 0 Å². The van der Waals surface area contributed by atoms with Gasteiger partial charge < -0.3 is 9.64 Å². The smallest absolute Gasteiger partial charge is 0.282 e. The fraction of sp³-hybridized carbons (Fsp3) is 0.500. The number of hydrogen-bond acceptors (Lipinski definition) is 5. The molecule has 0 fully saturated rings. The van der Waals surface area contributed by atoms with Crippen molar-refractivity contribution in [2.24, 2.45) is 0 Å². The molecule has 1 aliphatic heterocycles. The Hall–Kier alpha value is -1.95. The number of fused-ring (bicyclic) bond motifs is 1. The Balaban J connectivity index is 2.07. The van der Waals surface area contributed by atoms with Crippen molar-refractivity contribution in [3.63, 3.8) is 0 Å². The number of thioether (sulfide) groups is 1. The Morgan fingerprint density at radius 2 is 1.96 bits per heavy atom. The topological polar surface area (TPSA) is 47.4 Å². The van der Waals surface area contributed by atoms with Crippen LogP contribution in [0.1, 0.15) is 39.5 Å². The molecule has 2 heterocycles. The highest BCUT2D eigenvalue weighted by molar-refractivity contribution is 7.99. The molecule has 0 bridgehead atoms. The minimum atomic E-state index is 0.00598. The predicted molar refractivity (Wildman–Crippen MR) is 108 cm³/mol. The van der Waals surface area contributed by atoms with Gasteiger partial charge in [-0.1, -0.05) is 56.7 Å². The summed E-state index contributed by atoms with van der Waals surface area (Å²) < 4.78 is 7.77. The van der Waals surface area contributed by atoms with Gasteiger partial charge in [0, 0.05) is 24.5 Å². The largest absolute Gasteiger partial charge is 0.476 e. The third-order valence-corrected chi connectivity index (χ3v) is 5.39. The van der Waals surface area contributed by atoms with Crippen LogP contribution in [0.5, 0.6) is 5.88 Å². The van der Waals surface area contributed by atoms with E-state index in [-0.39, 0.29) is 5.56 Å². The summed E-state index contributed by atoms with van der Waals surface area (Å²) in [6.45, 7) is 6.36. The molecule has 0 aliphatic carbocycles. The lowest BCUT2D eigenvalue weighted by atomic mass is 10.2. The number of anilines is 2. The highest BCUT2D eigenvalue weighted by Crippen LogP contribution is 2.33. The zero-order valence-corrected chi connectivity index (χ0v) is 16.4. The van der Waals surface area contributed by atoms with Crippen LogP contribution in [0.3, 0.4) is 0 Å². The maximum Gasteiger partial charge on any atom is 0.282 e. The number of para-hydroxylation sites is 1. The molecule has 5 nitrogen and oxygen atoms in total. The summed E-state index contributed by atoms with van der Waals surface area (Å²) in [5.41, 5.74) is 1.59. The van der Waals surface area contributed by atoms with Gasteiger partial charge in [-0.15, -0.1) is 0 Å². The van der Waals surface area contributed by atoms with Gasteiger partial charge in [-0.3, -0.25) is 9.36 Å². The average molecular weight is 374 g/mol. The molecule has 1 aromatic heterocycles. The summed E-state index contributed by atoms with van der Waals surface area (Å²) in [5, 5.41) is 0.772. The molecule has 1 aromatic carbocycles. The number of rotatable bonds is 9. The molecule has 0 atom stereocenters. The SMILES string of the molecule is CCCCOc1nc2n(c(=O)c1N(CCCC)c1ccccc1)CCS2. The summed E-state index contributed by atoms with van der Waals surface area (Å²) in [5.74, 6) is 1.37. The molecule has 140 valence electrons. The van der Waals surface area contributed by atoms with Gasteiger partial charge in [0.25, 0.3) is 5.56 Å². The van der Waals surface area contributed by atoms with Crippen LogP contribution in [0.4, 0.5) is 11.4 Å². The molecule has 0 unspecified atom stereocenters. The number of nitrogens with zero attached hydrogens (tertiary/aromatic N) is 3. The van der Waals surface area contributed by atoms with E-state index in [0.29, 0.717) is 24.7 Å². The van der Waals surface area contributed by atoms with Gasteiger partial charge >= 0.3 is 0 Å². The average Bonchev–Trinajstić information content (AvgIpc) is 3.14. The second-order valence-corrected chi connectivity index (χ2v) is 7.46. The molecule has 0 radical (unpaired) electrons. The molecule has 2 aromatic rings. The van der Waals surface area contributed by atoms with Gasteiger partial charge in [-0.05, 0) is 25.0 Å². The molecule has 0 N–H and O–H groups in total. The van der Waals surface area contributed by atoms with E-state index in [0.717, 1.165) is 48.8 Å². The summed E-state index contributed by atoms with van der Waals surface area (Å²) in [7, 11) is 0. The minimum Gasteiger partial charge on any atom is -0.476 e. The monoisotopic (exact) mass is 373 g/mol. The van der Waals surface area contributed by atoms with E-state index in [1.807, 2.05) is 30.3 Å². The highest BCUT2D eigenvalue weighted by Gasteiger charge is 2.26. The molecule has 0 amide bonds. The van der Waals surface area contributed by atoms with Crippen molar-refractivity contribution in [2.75, 3.05) is 23.8 Å². The van der Waals surface area contributed by atoms with Crippen molar-refractivity contribution in [1.29, 1.82) is 0 Å². The quantitative estimate of drug-likeness (QED) is 0.479. The van der Waals surface area contributed by atoms with Crippen LogP contribution in [0.2, 0.25) is 0 Å². The normalized spacial score (nSPS) is 12.8. The molecular formula is C20H27N3O2S. The Labute approximate surface area is 159 Å². The molecule has 1 aliphatic rings. The van der Waals surface area contributed by atoms with E-state index in [2.05, 4.69) is 18.7 Å². The van der Waals surface area contributed by atoms with Crippen LogP contribution in [0.15, 0.2) is 40.3 Å². The molecule has 6 heteroatoms. The van der Waals surface area contributed by atoms with Crippen molar-refractivity contribution < 1.29 is 4.74 Å². The van der Waals surface area contributed by atoms with E-state index < -0.39 is 0 Å². The first-order valence-electron chi connectivity index (χ1n) is 9.49. The minimum absolute atomic E-state index is 0.00598. The number of unbranched alkanes of at least 4 members (excludes halogenated alkanes) is 2. The third kappa shape index (κ3) is 4.06. The van der Waals surface area contributed by atoms with Gasteiger partial charge in [-0.2, -0.15) is 4.98 Å². The van der Waals surface area contributed by atoms with Crippen LogP contribution < -0.4 is 15.2 Å². The molecule has 3 rings (SSSR count). The summed E-state index contributed by atoms with van der Waals surface area (Å²) >= 11 is 1.62. The van der Waals surface area contributed by atoms with Crippen LogP contribution in [0.25, 0.3) is 0 Å². The molecule has 0 saturated carbocycles. The van der Waals surface area contributed by atoms with E-state index in [9.17, 15) is 4.79 Å². The van der Waals surface area contributed by atoms with Crippen LogP contribution in [-0.2, 0) is 6.54 Å². The lowest BCUT2D eigenvalue weighted by Crippen LogP contribution is -2.31. The zero-order valence-electron chi connectivity index (χ0n) is 15.6. The van der Waals surface area contributed by atoms with E-state index >= 15 is 0 Å². The summed E-state index contributed by atoms with van der Waals surface area (Å²) in [4.78, 5) is 20.1. The first-order valence-corrected chi connectivity index (χ1v) is 10.5. The van der Waals surface area contributed by atoms with Crippen molar-refractivity contribution in [3.05, 3.63) is 40.7 Å². The summed E-state index contributed by atoms with van der Waals surface area (Å²) in [6.07, 6.45) is 4.06. The maximum atomic E-state index is 13.3. The lowest BCUT2D eigenvalue weighted by molar-refractivity contribution is 0.293. The number of benzene rings is 1. The molecule has 0 spiro atoms. The third-order valence-electron chi connectivity index (χ3n) is 4.43. The molecule has 0 saturated heterocycles. The van der Waals surface area contributed by atoms with Crippen molar-refractivity contribution >= 4 is 23.1 Å². The Kier molecular flexibility index (Phi) is 6.61. The van der Waals surface area contributed by atoms with E-state index in [1.54, 1.807) is 16.3 Å². The zero-order chi connectivity index (χ0) is 18.4. The number of aromatic nitrogens is 2. The second-order valence-electron chi connectivity index (χ2n) is 6.40. The summed E-state index contributed by atoms with van der Waals surface area (Å²) in [6, 6.07) is 10.1. The first kappa shape index (κ1) is 18.8. The first-order chi connectivity index (χ1) is 12.8. The fourth-order valence-corrected chi connectivity index (χ4v) is 3.91. The van der Waals surface area contributed by atoms with Crippen LogP contribution in [-0.4, -0.2) is 28.5 Å². The predicted octanol–water partition coefficient (Wildman–Crippen LogP) is 4.47. The van der Waals surface area contributed by atoms with Crippen molar-refractivity contribution in [1.82, 2.24) is 9.55 Å². The van der Waals surface area contributed by atoms with Gasteiger partial charge in [0.15, 0.2) is 10.8 Å². The van der Waals surface area contributed by atoms with Gasteiger partial charge in [0.2, 0.25) is 5.88 Å². The molecule has 26 heavy (non-hydrogen) atoms. The standard InChI is InChI=1S/C20H27N3O2S/c1-3-5-12-22(16-10-8-7-9-11-16)17-18(25-14-6-4-2)21-20-23(19(17)24)13-15-26-20/h7-11H,3-6,12-15H2,1-2H3. The Morgan fingerprint density at radius 1 is 1.19 bits per heavy atom. The number of hydrogen-bond donors (Lipinski definition) is 0. The fourth-order valence-electron chi connectivity index (χ4n) is 2.98. The Bertz CT molecular complexity index is 777. The van der Waals surface area contributed by atoms with Crippen molar-refractivity contribution in [2.45, 2.75) is 51.2 Å². The van der Waals surface area contributed by atoms with Crippen LogP contribution >= 0.6 is 11.8 Å². The molecular weight excluding hydrogens is 346 g/mol.